The first-order chi connectivity index (χ1) is 6.83. The maximum absolute atomic E-state index is 5.23. The Morgan fingerprint density at radius 3 is 2.36 bits per heavy atom. The third kappa shape index (κ3) is 2.85. The molecule has 1 aromatic rings. The molecule has 1 nitrogen and oxygen atoms in total. The van der Waals surface area contributed by atoms with Crippen molar-refractivity contribution in [1.82, 2.24) is 0 Å². The van der Waals surface area contributed by atoms with Gasteiger partial charge in [0.1, 0.15) is 0 Å². The van der Waals surface area contributed by atoms with Gasteiger partial charge in [-0.05, 0) is 5.56 Å². The van der Waals surface area contributed by atoms with Crippen LogP contribution < -0.4 is 4.43 Å². The monoisotopic (exact) mass is 206 g/mol. The van der Waals surface area contributed by atoms with E-state index in [2.05, 4.69) is 38.1 Å². The zero-order valence-corrected chi connectivity index (χ0v) is 10.6. The maximum Gasteiger partial charge on any atom is 0.305 e. The highest BCUT2D eigenvalue weighted by molar-refractivity contribution is 6.73. The second-order valence-electron chi connectivity index (χ2n) is 3.65. The number of ether oxygens (including phenoxy) is 1. The molecule has 2 heteroatoms. The minimum atomic E-state index is -0.701. The van der Waals surface area contributed by atoms with Gasteiger partial charge in [0.15, 0.2) is 0 Å². The van der Waals surface area contributed by atoms with Crippen molar-refractivity contribution in [2.24, 2.45) is 0 Å². The van der Waals surface area contributed by atoms with Gasteiger partial charge in [0.2, 0.25) is 0 Å². The van der Waals surface area contributed by atoms with E-state index in [1.807, 2.05) is 0 Å². The van der Waals surface area contributed by atoms with Crippen molar-refractivity contribution in [2.75, 3.05) is 7.11 Å². The lowest BCUT2D eigenvalue weighted by Gasteiger charge is -2.12. The molecule has 0 fully saturated rings. The Bertz CT molecular complexity index is 269. The molecule has 14 heavy (non-hydrogen) atoms. The van der Waals surface area contributed by atoms with Crippen LogP contribution in [0.15, 0.2) is 24.3 Å². The summed E-state index contributed by atoms with van der Waals surface area (Å²) in [5, 5.41) is 2.69. The predicted molar refractivity (Wildman–Crippen MR) is 63.5 cm³/mol. The van der Waals surface area contributed by atoms with E-state index in [9.17, 15) is 0 Å². The van der Waals surface area contributed by atoms with Crippen LogP contribution >= 0.6 is 0 Å². The molecule has 0 aliphatic rings. The smallest absolute Gasteiger partial charge is 0.305 e. The number of hydrogen-bond donors (Lipinski definition) is 0. The summed E-state index contributed by atoms with van der Waals surface area (Å²) in [7, 11) is 1.77. The highest BCUT2D eigenvalue weighted by atomic mass is 27.2. The summed E-state index contributed by atoms with van der Waals surface area (Å²) in [5.41, 5.74) is 1.40. The Kier molecular flexibility index (Phi) is 5.26. The summed E-state index contributed by atoms with van der Waals surface area (Å²) in [5.74, 6) is 0. The van der Waals surface area contributed by atoms with Crippen molar-refractivity contribution in [2.45, 2.75) is 31.0 Å². The summed E-state index contributed by atoms with van der Waals surface area (Å²) in [6.07, 6.45) is 0. The van der Waals surface area contributed by atoms with Crippen molar-refractivity contribution in [3.05, 3.63) is 29.8 Å². The topological polar surface area (TPSA) is 9.23 Å². The first-order valence-corrected chi connectivity index (χ1v) is 7.61. The average Bonchev–Trinajstić information content (AvgIpc) is 2.23. The summed E-state index contributed by atoms with van der Waals surface area (Å²) >= 11 is -0.701. The summed E-state index contributed by atoms with van der Waals surface area (Å²) in [4.78, 5) is 0. The van der Waals surface area contributed by atoms with E-state index in [1.165, 1.54) is 16.1 Å². The Morgan fingerprint density at radius 2 is 1.79 bits per heavy atom. The zero-order valence-electron chi connectivity index (χ0n) is 9.42. The van der Waals surface area contributed by atoms with Gasteiger partial charge in [0.25, 0.3) is 0 Å². The number of benzene rings is 1. The molecule has 0 aliphatic carbocycles. The van der Waals surface area contributed by atoms with E-state index in [4.69, 9.17) is 4.74 Å². The molecule has 0 spiro atoms. The standard InChI is InChI=1S/C8H9O.2C2H5.Al/c1-9-7-8-5-3-2-4-6-8;2*1-2;/h2-5H,7H2,1H3;2*1H2,2H3;. The van der Waals surface area contributed by atoms with E-state index in [0.717, 1.165) is 6.61 Å². The lowest BCUT2D eigenvalue weighted by atomic mass is 10.2. The minimum Gasteiger partial charge on any atom is -0.380 e. The molecular weight excluding hydrogens is 187 g/mol. The molecule has 0 amide bonds. The van der Waals surface area contributed by atoms with Crippen LogP contribution in [0.2, 0.25) is 10.6 Å². The fourth-order valence-electron chi connectivity index (χ4n) is 1.95. The predicted octanol–water partition coefficient (Wildman–Crippen LogP) is 2.57. The molecule has 0 saturated carbocycles. The van der Waals surface area contributed by atoms with Crippen molar-refractivity contribution in [1.29, 1.82) is 0 Å². The van der Waals surface area contributed by atoms with Crippen LogP contribution in [0.25, 0.3) is 0 Å². The van der Waals surface area contributed by atoms with Crippen LogP contribution in [0.5, 0.6) is 0 Å². The molecule has 1 aromatic carbocycles. The van der Waals surface area contributed by atoms with Crippen LogP contribution in [0, 0.1) is 0 Å². The Morgan fingerprint density at radius 1 is 1.14 bits per heavy atom. The second kappa shape index (κ2) is 6.24. The van der Waals surface area contributed by atoms with Crippen LogP contribution in [-0.2, 0) is 11.3 Å². The van der Waals surface area contributed by atoms with Gasteiger partial charge in [-0.2, -0.15) is 0 Å². The highest BCUT2D eigenvalue weighted by Gasteiger charge is 2.17. The van der Waals surface area contributed by atoms with Crippen molar-refractivity contribution in [3.63, 3.8) is 0 Å². The molecular formula is C12H19AlO. The Labute approximate surface area is 91.5 Å². The third-order valence-electron chi connectivity index (χ3n) is 2.78. The minimum absolute atomic E-state index is 0.701. The van der Waals surface area contributed by atoms with Crippen LogP contribution in [0.1, 0.15) is 19.4 Å². The molecule has 0 aromatic heterocycles. The summed E-state index contributed by atoms with van der Waals surface area (Å²) in [6, 6.07) is 8.75. The Hall–Kier alpha value is -0.288. The molecule has 76 valence electrons. The second-order valence-corrected chi connectivity index (χ2v) is 7.29. The van der Waals surface area contributed by atoms with E-state index < -0.39 is 14.1 Å². The number of methoxy groups -OCH3 is 1. The average molecular weight is 206 g/mol. The molecule has 0 radical (unpaired) electrons. The number of rotatable bonds is 5. The quantitative estimate of drug-likeness (QED) is 0.673. The molecule has 0 heterocycles. The van der Waals surface area contributed by atoms with Gasteiger partial charge in [-0.1, -0.05) is 48.7 Å². The van der Waals surface area contributed by atoms with Gasteiger partial charge < -0.3 is 4.74 Å². The molecule has 0 aliphatic heterocycles. The fourth-order valence-corrected chi connectivity index (χ4v) is 4.49. The molecule has 0 N–H and O–H groups in total. The lowest BCUT2D eigenvalue weighted by Crippen LogP contribution is -2.31. The van der Waals surface area contributed by atoms with Crippen molar-refractivity contribution in [3.8, 4) is 0 Å². The van der Waals surface area contributed by atoms with E-state index in [1.54, 1.807) is 11.5 Å². The molecule has 0 bridgehead atoms. The first-order valence-electron chi connectivity index (χ1n) is 5.40. The van der Waals surface area contributed by atoms with Gasteiger partial charge in [-0.3, -0.25) is 0 Å². The van der Waals surface area contributed by atoms with Crippen LogP contribution in [0.4, 0.5) is 0 Å². The third-order valence-corrected chi connectivity index (χ3v) is 6.19. The lowest BCUT2D eigenvalue weighted by molar-refractivity contribution is 0.185. The van der Waals surface area contributed by atoms with Gasteiger partial charge in [0.05, 0.1) is 6.61 Å². The van der Waals surface area contributed by atoms with Gasteiger partial charge >= 0.3 is 14.1 Å². The largest absolute Gasteiger partial charge is 0.380 e. The first kappa shape index (κ1) is 11.8. The fraction of sp³-hybridized carbons (Fsp3) is 0.500. The zero-order chi connectivity index (χ0) is 10.4. The highest BCUT2D eigenvalue weighted by Crippen LogP contribution is 2.05. The molecule has 0 saturated heterocycles. The van der Waals surface area contributed by atoms with E-state index in [-0.39, 0.29) is 0 Å². The van der Waals surface area contributed by atoms with E-state index >= 15 is 0 Å². The SMILES string of the molecule is C[CH2][Al]([CH2]C)[c]1ccccc1COC. The summed E-state index contributed by atoms with van der Waals surface area (Å²) in [6.45, 7) is 5.38. The van der Waals surface area contributed by atoms with Crippen LogP contribution in [0.3, 0.4) is 0 Å². The molecule has 0 atom stereocenters. The van der Waals surface area contributed by atoms with Crippen molar-refractivity contribution < 1.29 is 4.74 Å². The Balaban J connectivity index is 2.92. The molecule has 0 unspecified atom stereocenters. The van der Waals surface area contributed by atoms with Crippen molar-refractivity contribution >= 4 is 18.6 Å². The molecule has 1 rings (SSSR count). The van der Waals surface area contributed by atoms with Gasteiger partial charge in [-0.25, -0.2) is 0 Å². The van der Waals surface area contributed by atoms with Gasteiger partial charge in [0, 0.05) is 7.11 Å². The normalized spacial score (nSPS) is 10.2. The number of hydrogen-bond acceptors (Lipinski definition) is 1. The van der Waals surface area contributed by atoms with Crippen LogP contribution in [-0.4, -0.2) is 21.3 Å². The van der Waals surface area contributed by atoms with Gasteiger partial charge in [-0.15, -0.1) is 4.43 Å². The van der Waals surface area contributed by atoms with E-state index in [0.29, 0.717) is 0 Å². The summed E-state index contributed by atoms with van der Waals surface area (Å²) < 4.78 is 6.83. The maximum atomic E-state index is 5.23.